The van der Waals surface area contributed by atoms with E-state index < -0.39 is 17.8 Å². The van der Waals surface area contributed by atoms with Crippen LogP contribution in [0.5, 0.6) is 5.75 Å². The lowest BCUT2D eigenvalue weighted by atomic mass is 10.2. The molecule has 0 aliphatic rings. The summed E-state index contributed by atoms with van der Waals surface area (Å²) in [5.41, 5.74) is 0.539. The highest BCUT2D eigenvalue weighted by Crippen LogP contribution is 2.27. The molecule has 0 heterocycles. The van der Waals surface area contributed by atoms with E-state index in [1.807, 2.05) is 0 Å². The first-order chi connectivity index (χ1) is 10.3. The predicted octanol–water partition coefficient (Wildman–Crippen LogP) is 4.83. The number of carbonyl (C=O) groups excluding carboxylic acids is 1. The molecule has 0 radical (unpaired) electrons. The molecule has 0 saturated heterocycles. The maximum absolute atomic E-state index is 13.8. The fourth-order valence-corrected chi connectivity index (χ4v) is 3.43. The summed E-state index contributed by atoms with van der Waals surface area (Å²) in [6, 6.07) is 2.41. The average Bonchev–Trinajstić information content (AvgIpc) is 2.45. The van der Waals surface area contributed by atoms with Gasteiger partial charge in [-0.15, -0.1) is 33.2 Å². The van der Waals surface area contributed by atoms with Gasteiger partial charge in [-0.3, -0.25) is 0 Å². The molecule has 0 amide bonds. The third-order valence-electron chi connectivity index (χ3n) is 2.68. The Labute approximate surface area is 144 Å². The Morgan fingerprint density at radius 3 is 2.64 bits per heavy atom. The Kier molecular flexibility index (Phi) is 8.24. The summed E-state index contributed by atoms with van der Waals surface area (Å²) in [5.74, 6) is -0.845. The largest absolute Gasteiger partial charge is 0.491 e. The number of unbranched alkanes of at least 4 members (excludes halogenated alkanes) is 1. The molecule has 0 N–H and O–H groups in total. The van der Waals surface area contributed by atoms with E-state index in [4.69, 9.17) is 38.0 Å². The molecule has 3 nitrogen and oxygen atoms in total. The minimum atomic E-state index is -2.58. The van der Waals surface area contributed by atoms with Crippen molar-refractivity contribution in [2.24, 2.45) is 0 Å². The van der Waals surface area contributed by atoms with Gasteiger partial charge in [-0.25, -0.2) is 9.18 Å². The zero-order valence-corrected chi connectivity index (χ0v) is 15.2. The Hall–Kier alpha value is -0.753. The summed E-state index contributed by atoms with van der Waals surface area (Å²) < 4.78 is 23.6. The molecule has 0 unspecified atom stereocenters. The van der Waals surface area contributed by atoms with Crippen molar-refractivity contribution >= 4 is 51.3 Å². The van der Waals surface area contributed by atoms with Crippen molar-refractivity contribution < 1.29 is 18.7 Å². The molecule has 0 atom stereocenters. The summed E-state index contributed by atoms with van der Waals surface area (Å²) in [7, 11) is 1.27. The summed E-state index contributed by atoms with van der Waals surface area (Å²) in [6.45, 7) is 0.351. The maximum Gasteiger partial charge on any atom is 0.341 e. The number of methoxy groups -OCH3 is 1. The molecule has 1 rings (SSSR count). The minimum absolute atomic E-state index is 0.154. The van der Waals surface area contributed by atoms with E-state index in [0.29, 0.717) is 24.6 Å². The molecular formula is C14H16Cl3FO3Si. The summed E-state index contributed by atoms with van der Waals surface area (Å²) in [6.07, 6.45) is 4.09. The topological polar surface area (TPSA) is 35.5 Å². The van der Waals surface area contributed by atoms with E-state index in [1.165, 1.54) is 31.4 Å². The van der Waals surface area contributed by atoms with Gasteiger partial charge in [0.05, 0.1) is 13.7 Å². The van der Waals surface area contributed by atoms with Gasteiger partial charge in [-0.05, 0) is 42.7 Å². The highest BCUT2D eigenvalue weighted by atomic mass is 35.8. The van der Waals surface area contributed by atoms with Crippen LogP contribution in [0.3, 0.4) is 0 Å². The van der Waals surface area contributed by atoms with Gasteiger partial charge in [0.1, 0.15) is 0 Å². The van der Waals surface area contributed by atoms with Crippen LogP contribution < -0.4 is 4.74 Å². The molecular weight excluding hydrogens is 370 g/mol. The first kappa shape index (κ1) is 19.3. The normalized spacial score (nSPS) is 11.7. The predicted molar refractivity (Wildman–Crippen MR) is 90.3 cm³/mol. The van der Waals surface area contributed by atoms with Gasteiger partial charge in [0.25, 0.3) is 0 Å². The van der Waals surface area contributed by atoms with Gasteiger partial charge in [0, 0.05) is 6.08 Å². The number of carbonyl (C=O) groups is 1. The van der Waals surface area contributed by atoms with Crippen LogP contribution in [0.25, 0.3) is 6.08 Å². The smallest absolute Gasteiger partial charge is 0.341 e. The van der Waals surface area contributed by atoms with E-state index in [0.717, 1.165) is 6.42 Å². The average molecular weight is 386 g/mol. The fourth-order valence-electron chi connectivity index (χ4n) is 1.58. The Balaban J connectivity index is 2.46. The molecule has 0 spiro atoms. The number of benzene rings is 1. The van der Waals surface area contributed by atoms with Gasteiger partial charge < -0.3 is 9.47 Å². The monoisotopic (exact) mass is 384 g/mol. The lowest BCUT2D eigenvalue weighted by Crippen LogP contribution is -2.09. The van der Waals surface area contributed by atoms with Crippen LogP contribution in [0, 0.1) is 5.82 Å². The Morgan fingerprint density at radius 2 is 2.05 bits per heavy atom. The Morgan fingerprint density at radius 1 is 1.32 bits per heavy atom. The highest BCUT2D eigenvalue weighted by Gasteiger charge is 2.23. The van der Waals surface area contributed by atoms with Crippen molar-refractivity contribution in [2.75, 3.05) is 13.7 Å². The van der Waals surface area contributed by atoms with Gasteiger partial charge >= 0.3 is 12.0 Å². The molecule has 0 aliphatic heterocycles. The lowest BCUT2D eigenvalue weighted by Gasteiger charge is -2.09. The van der Waals surface area contributed by atoms with Crippen LogP contribution in [-0.2, 0) is 9.53 Å². The van der Waals surface area contributed by atoms with Crippen molar-refractivity contribution in [1.29, 1.82) is 0 Å². The SMILES string of the molecule is COC(=O)/C=C/c1ccc(OCCCC[Si](Cl)(Cl)Cl)c(F)c1. The standard InChI is InChI=1S/C14H16Cl3FO3Si/c1-20-14(19)7-5-11-4-6-13(12(18)10-11)21-8-2-3-9-22(15,16)17/h4-7,10H,2-3,8-9H2,1H3/b7-5+. The molecule has 1 aromatic carbocycles. The number of rotatable bonds is 8. The molecule has 1 aromatic rings. The second-order valence-corrected chi connectivity index (χ2v) is 13.7. The van der Waals surface area contributed by atoms with E-state index in [2.05, 4.69) is 4.74 Å². The van der Waals surface area contributed by atoms with E-state index >= 15 is 0 Å². The minimum Gasteiger partial charge on any atom is -0.491 e. The first-order valence-electron chi connectivity index (χ1n) is 6.57. The second kappa shape index (κ2) is 9.40. The summed E-state index contributed by atoms with van der Waals surface area (Å²) >= 11 is 17.3. The first-order valence-corrected chi connectivity index (χ1v) is 11.8. The van der Waals surface area contributed by atoms with Gasteiger partial charge in [-0.2, -0.15) is 0 Å². The van der Waals surface area contributed by atoms with Crippen molar-refractivity contribution in [3.05, 3.63) is 35.7 Å². The van der Waals surface area contributed by atoms with Crippen molar-refractivity contribution in [2.45, 2.75) is 18.9 Å². The zero-order valence-electron chi connectivity index (χ0n) is 12.0. The third-order valence-corrected chi connectivity index (χ3v) is 5.30. The van der Waals surface area contributed by atoms with Crippen molar-refractivity contribution in [3.63, 3.8) is 0 Å². The molecule has 22 heavy (non-hydrogen) atoms. The van der Waals surface area contributed by atoms with E-state index in [1.54, 1.807) is 6.07 Å². The van der Waals surface area contributed by atoms with Gasteiger partial charge in [0.2, 0.25) is 0 Å². The molecule has 122 valence electrons. The molecule has 8 heteroatoms. The third kappa shape index (κ3) is 8.03. The number of ether oxygens (including phenoxy) is 2. The van der Waals surface area contributed by atoms with Crippen LogP contribution in [0.4, 0.5) is 4.39 Å². The van der Waals surface area contributed by atoms with Crippen LogP contribution in [0.1, 0.15) is 18.4 Å². The number of halogens is 4. The molecule has 0 aliphatic carbocycles. The second-order valence-electron chi connectivity index (χ2n) is 4.47. The fraction of sp³-hybridized carbons (Fsp3) is 0.357. The molecule has 0 saturated carbocycles. The van der Waals surface area contributed by atoms with Crippen molar-refractivity contribution in [1.82, 2.24) is 0 Å². The van der Waals surface area contributed by atoms with Crippen LogP contribution >= 0.6 is 33.2 Å². The van der Waals surface area contributed by atoms with Crippen LogP contribution in [0.15, 0.2) is 24.3 Å². The van der Waals surface area contributed by atoms with E-state index in [9.17, 15) is 9.18 Å². The van der Waals surface area contributed by atoms with Crippen LogP contribution in [-0.4, -0.2) is 25.7 Å². The Bertz CT molecular complexity index is 533. The number of hydrogen-bond donors (Lipinski definition) is 0. The summed E-state index contributed by atoms with van der Waals surface area (Å²) in [5, 5.41) is 0. The summed E-state index contributed by atoms with van der Waals surface area (Å²) in [4.78, 5) is 11.0. The highest BCUT2D eigenvalue weighted by molar-refractivity contribution is 7.64. The van der Waals surface area contributed by atoms with Crippen molar-refractivity contribution in [3.8, 4) is 5.75 Å². The molecule has 0 bridgehead atoms. The van der Waals surface area contributed by atoms with Gasteiger partial charge in [0.15, 0.2) is 11.6 Å². The zero-order chi connectivity index (χ0) is 16.6. The number of esters is 1. The molecule has 0 aromatic heterocycles. The lowest BCUT2D eigenvalue weighted by molar-refractivity contribution is -0.134. The van der Waals surface area contributed by atoms with Crippen LogP contribution in [0.2, 0.25) is 6.04 Å². The maximum atomic E-state index is 13.8. The van der Waals surface area contributed by atoms with E-state index in [-0.39, 0.29) is 5.75 Å². The molecule has 0 fully saturated rings. The quantitative estimate of drug-likeness (QED) is 0.211. The number of hydrogen-bond acceptors (Lipinski definition) is 3. The van der Waals surface area contributed by atoms with Gasteiger partial charge in [-0.1, -0.05) is 6.07 Å².